The summed E-state index contributed by atoms with van der Waals surface area (Å²) in [6.07, 6.45) is 4.83. The second kappa shape index (κ2) is 12.4. The first-order valence-corrected chi connectivity index (χ1v) is 13.2. The van der Waals surface area contributed by atoms with E-state index in [0.717, 1.165) is 48.4 Å². The number of rotatable bonds is 10. The minimum absolute atomic E-state index is 0.175. The Morgan fingerprint density at radius 2 is 1.82 bits per heavy atom. The van der Waals surface area contributed by atoms with Gasteiger partial charge in [0.25, 0.3) is 0 Å². The highest BCUT2D eigenvalue weighted by molar-refractivity contribution is 6.37. The molecule has 1 aliphatic heterocycles. The van der Waals surface area contributed by atoms with E-state index in [1.807, 2.05) is 48.5 Å². The van der Waals surface area contributed by atoms with E-state index in [9.17, 15) is 9.18 Å². The Morgan fingerprint density at radius 1 is 1.07 bits per heavy atom. The number of nitrogens with one attached hydrogen (secondary N) is 4. The molecule has 4 aromatic rings. The van der Waals surface area contributed by atoms with E-state index in [2.05, 4.69) is 20.8 Å². The van der Waals surface area contributed by atoms with Gasteiger partial charge in [0, 0.05) is 49.2 Å². The third-order valence-corrected chi connectivity index (χ3v) is 6.78. The summed E-state index contributed by atoms with van der Waals surface area (Å²) in [5.74, 6) is 0.414. The van der Waals surface area contributed by atoms with Crippen LogP contribution >= 0.6 is 0 Å². The van der Waals surface area contributed by atoms with E-state index in [1.54, 1.807) is 30.3 Å². The molecule has 206 valence electrons. The zero-order valence-corrected chi connectivity index (χ0v) is 22.3. The number of halogens is 1. The zero-order chi connectivity index (χ0) is 27.9. The molecule has 1 fully saturated rings. The Bertz CT molecular complexity index is 1490. The van der Waals surface area contributed by atoms with Crippen molar-refractivity contribution in [1.82, 2.24) is 20.1 Å². The van der Waals surface area contributed by atoms with Crippen LogP contribution in [0.15, 0.2) is 78.0 Å². The van der Waals surface area contributed by atoms with Crippen LogP contribution in [0.25, 0.3) is 11.3 Å². The van der Waals surface area contributed by atoms with Crippen molar-refractivity contribution in [3.63, 3.8) is 0 Å². The molecule has 2 amide bonds. The van der Waals surface area contributed by atoms with Gasteiger partial charge in [0.05, 0.1) is 19.0 Å². The summed E-state index contributed by atoms with van der Waals surface area (Å²) in [5, 5.41) is 21.6. The first-order chi connectivity index (χ1) is 19.5. The lowest BCUT2D eigenvalue weighted by molar-refractivity contribution is 0.222. The molecular weight excluding hydrogens is 509 g/mol. The Kier molecular flexibility index (Phi) is 8.36. The van der Waals surface area contributed by atoms with Crippen molar-refractivity contribution in [2.24, 2.45) is 5.10 Å². The number of aromatic nitrogens is 2. The van der Waals surface area contributed by atoms with Gasteiger partial charge in [-0.25, -0.2) is 9.18 Å². The Hall–Kier alpha value is -4.70. The van der Waals surface area contributed by atoms with Crippen molar-refractivity contribution in [2.45, 2.75) is 25.9 Å². The molecule has 4 N–H and O–H groups in total. The second-order valence-corrected chi connectivity index (χ2v) is 9.60. The Labute approximate surface area is 232 Å². The Morgan fingerprint density at radius 3 is 2.55 bits per heavy atom. The van der Waals surface area contributed by atoms with Crippen molar-refractivity contribution in [3.05, 3.63) is 95.4 Å². The van der Waals surface area contributed by atoms with Crippen LogP contribution in [-0.4, -0.2) is 52.9 Å². The van der Waals surface area contributed by atoms with Gasteiger partial charge >= 0.3 is 6.03 Å². The van der Waals surface area contributed by atoms with Gasteiger partial charge in [0.1, 0.15) is 17.3 Å². The highest BCUT2D eigenvalue weighted by atomic mass is 19.1. The molecule has 0 unspecified atom stereocenters. The van der Waals surface area contributed by atoms with Crippen LogP contribution in [0, 0.1) is 11.2 Å². The number of hydrogen-bond acceptors (Lipinski definition) is 5. The number of benzene rings is 3. The van der Waals surface area contributed by atoms with Gasteiger partial charge in [-0.1, -0.05) is 30.3 Å². The molecule has 0 bridgehead atoms. The second-order valence-electron chi connectivity index (χ2n) is 9.60. The van der Waals surface area contributed by atoms with E-state index in [4.69, 9.17) is 10.1 Å². The summed E-state index contributed by atoms with van der Waals surface area (Å²) in [6.45, 7) is 2.84. The van der Waals surface area contributed by atoms with Crippen molar-refractivity contribution >= 4 is 23.6 Å². The van der Waals surface area contributed by atoms with Crippen LogP contribution in [-0.2, 0) is 13.1 Å². The number of carbonyl (C=O) groups is 1. The number of nitrogens with zero attached hydrogens (tertiary/aromatic N) is 3. The average Bonchev–Trinajstić information content (AvgIpc) is 3.50. The number of anilines is 1. The summed E-state index contributed by atoms with van der Waals surface area (Å²) in [5.41, 5.74) is 4.83. The van der Waals surface area contributed by atoms with Crippen LogP contribution in [0.5, 0.6) is 5.75 Å². The van der Waals surface area contributed by atoms with Gasteiger partial charge in [-0.2, -0.15) is 9.89 Å². The fourth-order valence-electron chi connectivity index (χ4n) is 4.58. The quantitative estimate of drug-likeness (QED) is 0.200. The molecule has 0 aliphatic carbocycles. The summed E-state index contributed by atoms with van der Waals surface area (Å²) in [6, 6.07) is 20.1. The third kappa shape index (κ3) is 6.47. The van der Waals surface area contributed by atoms with Gasteiger partial charge in [-0.3, -0.25) is 5.10 Å². The number of aromatic amines is 1. The molecule has 0 radical (unpaired) electrons. The smallest absolute Gasteiger partial charge is 0.321 e. The molecule has 2 heterocycles. The van der Waals surface area contributed by atoms with Crippen molar-refractivity contribution in [2.75, 3.05) is 25.5 Å². The normalized spacial score (nSPS) is 13.4. The fraction of sp³-hybridized carbons (Fsp3) is 0.233. The molecule has 1 saturated heterocycles. The maximum atomic E-state index is 14.6. The van der Waals surface area contributed by atoms with E-state index in [0.29, 0.717) is 35.7 Å². The Balaban J connectivity index is 1.23. The number of carbonyl (C=O) groups excluding carboxylic acids is 1. The molecular formula is C30H32FN7O2. The SMILES string of the molecule is COc1ccc(CNCc2cccc(/C(C=N)=N/n3cc(-c4cc(NC(=O)N5CCCC5)ccc4F)[nH]3)c2)cc1. The minimum atomic E-state index is -0.413. The predicted octanol–water partition coefficient (Wildman–Crippen LogP) is 5.45. The van der Waals surface area contributed by atoms with Crippen molar-refractivity contribution < 1.29 is 13.9 Å². The van der Waals surface area contributed by atoms with Gasteiger partial charge in [-0.05, 0) is 60.4 Å². The average molecular weight is 542 g/mol. The fourth-order valence-corrected chi connectivity index (χ4v) is 4.58. The number of H-pyrrole nitrogens is 1. The molecule has 10 heteroatoms. The number of ether oxygens (including phenoxy) is 1. The monoisotopic (exact) mass is 541 g/mol. The summed E-state index contributed by atoms with van der Waals surface area (Å²) in [7, 11) is 1.65. The third-order valence-electron chi connectivity index (χ3n) is 6.78. The molecule has 1 aromatic heterocycles. The van der Waals surface area contributed by atoms with E-state index in [1.165, 1.54) is 17.1 Å². The van der Waals surface area contributed by atoms with Gasteiger partial charge in [-0.15, -0.1) is 0 Å². The maximum absolute atomic E-state index is 14.6. The maximum Gasteiger partial charge on any atom is 0.321 e. The number of likely N-dealkylation sites (tertiary alicyclic amines) is 1. The van der Waals surface area contributed by atoms with Crippen molar-refractivity contribution in [1.29, 1.82) is 5.41 Å². The predicted molar refractivity (Wildman–Crippen MR) is 155 cm³/mol. The molecule has 9 nitrogen and oxygen atoms in total. The molecule has 0 saturated carbocycles. The van der Waals surface area contributed by atoms with Gasteiger partial charge in [0.15, 0.2) is 0 Å². The number of amides is 2. The summed E-state index contributed by atoms with van der Waals surface area (Å²) in [4.78, 5) is 15.6. The molecule has 3 aromatic carbocycles. The molecule has 5 rings (SSSR count). The van der Waals surface area contributed by atoms with Crippen LogP contribution in [0.2, 0.25) is 0 Å². The first-order valence-electron chi connectivity index (χ1n) is 13.2. The highest BCUT2D eigenvalue weighted by Crippen LogP contribution is 2.26. The number of hydrogen-bond donors (Lipinski definition) is 4. The molecule has 1 aliphatic rings. The summed E-state index contributed by atoms with van der Waals surface area (Å²) < 4.78 is 19.8. The number of urea groups is 1. The zero-order valence-electron chi connectivity index (χ0n) is 22.3. The standard InChI is InChI=1S/C30H32FN7O2/c1-40-25-10-7-21(8-11-25)18-33-19-22-5-4-6-23(15-22)28(17-32)35-38-20-29(36-38)26-16-24(9-12-27(26)31)34-30(39)37-13-2-3-14-37/h4-12,15-17,20,32-33,36H,2-3,13-14,18-19H2,1H3,(H,34,39)/b32-17?,35-28+. The highest BCUT2D eigenvalue weighted by Gasteiger charge is 2.19. The number of methoxy groups -OCH3 is 1. The molecule has 40 heavy (non-hydrogen) atoms. The largest absolute Gasteiger partial charge is 0.497 e. The van der Waals surface area contributed by atoms with E-state index < -0.39 is 5.82 Å². The lowest BCUT2D eigenvalue weighted by atomic mass is 10.1. The van der Waals surface area contributed by atoms with Crippen LogP contribution in [0.3, 0.4) is 0 Å². The van der Waals surface area contributed by atoms with Gasteiger partial charge < -0.3 is 25.7 Å². The van der Waals surface area contributed by atoms with Gasteiger partial charge in [0.2, 0.25) is 0 Å². The van der Waals surface area contributed by atoms with E-state index in [-0.39, 0.29) is 6.03 Å². The summed E-state index contributed by atoms with van der Waals surface area (Å²) >= 11 is 0. The van der Waals surface area contributed by atoms with Crippen LogP contribution in [0.1, 0.15) is 29.5 Å². The van der Waals surface area contributed by atoms with Crippen LogP contribution in [0.4, 0.5) is 14.9 Å². The molecule has 0 atom stereocenters. The minimum Gasteiger partial charge on any atom is -0.497 e. The van der Waals surface area contributed by atoms with Crippen LogP contribution < -0.4 is 15.4 Å². The lowest BCUT2D eigenvalue weighted by Crippen LogP contribution is -2.32. The lowest BCUT2D eigenvalue weighted by Gasteiger charge is -2.17. The molecule has 0 spiro atoms. The van der Waals surface area contributed by atoms with Crippen molar-refractivity contribution in [3.8, 4) is 17.0 Å². The van der Waals surface area contributed by atoms with E-state index >= 15 is 0 Å². The topological polar surface area (TPSA) is 111 Å². The first kappa shape index (κ1) is 26.9.